The first-order valence-corrected chi connectivity index (χ1v) is 12.3. The van der Waals surface area contributed by atoms with E-state index in [-0.39, 0.29) is 11.9 Å². The topological polar surface area (TPSA) is 50.4 Å². The molecule has 4 nitrogen and oxygen atoms in total. The van der Waals surface area contributed by atoms with E-state index in [0.29, 0.717) is 25.0 Å². The number of hydrogen-bond acceptors (Lipinski definition) is 2. The Morgan fingerprint density at radius 2 is 1.67 bits per heavy atom. The molecule has 1 aliphatic rings. The van der Waals surface area contributed by atoms with Crippen LogP contribution in [0.5, 0.6) is 5.75 Å². The van der Waals surface area contributed by atoms with Gasteiger partial charge < -0.3 is 15.4 Å². The van der Waals surface area contributed by atoms with Gasteiger partial charge in [-0.15, -0.1) is 0 Å². The molecule has 2 amide bonds. The van der Waals surface area contributed by atoms with Gasteiger partial charge in [-0.2, -0.15) is 0 Å². The Morgan fingerprint density at radius 3 is 2.36 bits per heavy atom. The molecule has 5 heteroatoms. The minimum atomic E-state index is -0.191. The van der Waals surface area contributed by atoms with Gasteiger partial charge in [-0.1, -0.05) is 86.1 Å². The van der Waals surface area contributed by atoms with Gasteiger partial charge in [0.15, 0.2) is 0 Å². The SMILES string of the molecule is CC(C)c1cccc(C(C)C)c1NC(=O)NCC1c2ccccc2COc2ccc(Br)cc21. The average molecular weight is 507 g/mol. The van der Waals surface area contributed by atoms with Crippen molar-refractivity contribution in [1.82, 2.24) is 5.32 Å². The van der Waals surface area contributed by atoms with Crippen LogP contribution in [-0.4, -0.2) is 12.6 Å². The van der Waals surface area contributed by atoms with E-state index >= 15 is 0 Å². The molecule has 0 fully saturated rings. The van der Waals surface area contributed by atoms with Crippen molar-refractivity contribution in [2.45, 2.75) is 52.1 Å². The maximum atomic E-state index is 13.1. The standard InChI is InChI=1S/C28H31BrN2O2/c1-17(2)21-10-7-11-22(18(3)4)27(21)31-28(32)30-15-25-23-9-6-5-8-19(23)16-33-26-13-12-20(29)14-24(25)26/h5-14,17-18,25H,15-16H2,1-4H3,(H2,30,31,32). The number of hydrogen-bond donors (Lipinski definition) is 2. The fourth-order valence-electron chi connectivity index (χ4n) is 4.52. The highest BCUT2D eigenvalue weighted by Crippen LogP contribution is 2.38. The van der Waals surface area contributed by atoms with E-state index in [1.807, 2.05) is 24.3 Å². The number of carbonyl (C=O) groups excluding carboxylic acids is 1. The minimum absolute atomic E-state index is 0.00754. The van der Waals surface area contributed by atoms with Gasteiger partial charge in [0.05, 0.1) is 0 Å². The van der Waals surface area contributed by atoms with Gasteiger partial charge in [-0.25, -0.2) is 4.79 Å². The number of nitrogens with one attached hydrogen (secondary N) is 2. The summed E-state index contributed by atoms with van der Waals surface area (Å²) in [4.78, 5) is 13.1. The molecule has 0 saturated heterocycles. The molecule has 0 radical (unpaired) electrons. The van der Waals surface area contributed by atoms with E-state index in [9.17, 15) is 4.79 Å². The maximum Gasteiger partial charge on any atom is 0.319 e. The van der Waals surface area contributed by atoms with Gasteiger partial charge in [0.1, 0.15) is 12.4 Å². The van der Waals surface area contributed by atoms with Crippen LogP contribution >= 0.6 is 15.9 Å². The van der Waals surface area contributed by atoms with Crippen LogP contribution in [0.2, 0.25) is 0 Å². The fourth-order valence-corrected chi connectivity index (χ4v) is 4.90. The number of ether oxygens (including phenoxy) is 1. The fraction of sp³-hybridized carbons (Fsp3) is 0.321. The van der Waals surface area contributed by atoms with Gasteiger partial charge in [-0.3, -0.25) is 0 Å². The monoisotopic (exact) mass is 506 g/mol. The number of fused-ring (bicyclic) bond motifs is 2. The maximum absolute atomic E-state index is 13.1. The quantitative estimate of drug-likeness (QED) is 0.375. The number of halogens is 1. The second kappa shape index (κ2) is 10.0. The second-order valence-corrected chi connectivity index (χ2v) is 10.1. The molecule has 1 unspecified atom stereocenters. The molecular weight excluding hydrogens is 476 g/mol. The van der Waals surface area contributed by atoms with Crippen molar-refractivity contribution in [2.24, 2.45) is 0 Å². The smallest absolute Gasteiger partial charge is 0.319 e. The highest BCUT2D eigenvalue weighted by atomic mass is 79.9. The molecule has 33 heavy (non-hydrogen) atoms. The molecule has 0 bridgehead atoms. The minimum Gasteiger partial charge on any atom is -0.489 e. The number of carbonyl (C=O) groups is 1. The Kier molecular flexibility index (Phi) is 7.08. The summed E-state index contributed by atoms with van der Waals surface area (Å²) in [5.41, 5.74) is 6.62. The third-order valence-corrected chi connectivity index (χ3v) is 6.73. The van der Waals surface area contributed by atoms with Gasteiger partial charge in [0.25, 0.3) is 0 Å². The molecule has 0 saturated carbocycles. The lowest BCUT2D eigenvalue weighted by Crippen LogP contribution is -2.33. The van der Waals surface area contributed by atoms with E-state index in [1.165, 1.54) is 5.56 Å². The predicted molar refractivity (Wildman–Crippen MR) is 138 cm³/mol. The summed E-state index contributed by atoms with van der Waals surface area (Å²) in [5, 5.41) is 6.31. The Bertz CT molecular complexity index is 1130. The van der Waals surface area contributed by atoms with Crippen LogP contribution in [0.1, 0.15) is 73.3 Å². The highest BCUT2D eigenvalue weighted by Gasteiger charge is 2.26. The molecule has 3 aromatic carbocycles. The Morgan fingerprint density at radius 1 is 0.970 bits per heavy atom. The van der Waals surface area contributed by atoms with Crippen molar-refractivity contribution < 1.29 is 9.53 Å². The van der Waals surface area contributed by atoms with Crippen molar-refractivity contribution in [3.8, 4) is 5.75 Å². The van der Waals surface area contributed by atoms with Crippen molar-refractivity contribution in [1.29, 1.82) is 0 Å². The average Bonchev–Trinajstić information content (AvgIpc) is 2.94. The van der Waals surface area contributed by atoms with E-state index in [0.717, 1.165) is 38.2 Å². The van der Waals surface area contributed by atoms with Crippen molar-refractivity contribution in [2.75, 3.05) is 11.9 Å². The van der Waals surface area contributed by atoms with Crippen molar-refractivity contribution >= 4 is 27.6 Å². The van der Waals surface area contributed by atoms with Gasteiger partial charge in [-0.05, 0) is 52.3 Å². The van der Waals surface area contributed by atoms with Crippen LogP contribution in [0.4, 0.5) is 10.5 Å². The zero-order chi connectivity index (χ0) is 23.5. The number of para-hydroxylation sites is 1. The second-order valence-electron chi connectivity index (χ2n) is 9.18. The Labute approximate surface area is 204 Å². The first-order chi connectivity index (χ1) is 15.8. The van der Waals surface area contributed by atoms with Crippen LogP contribution in [0, 0.1) is 0 Å². The van der Waals surface area contributed by atoms with E-state index in [4.69, 9.17) is 4.74 Å². The predicted octanol–water partition coefficient (Wildman–Crippen LogP) is 7.54. The number of urea groups is 1. The Hall–Kier alpha value is -2.79. The van der Waals surface area contributed by atoms with Gasteiger partial charge >= 0.3 is 6.03 Å². The zero-order valence-corrected chi connectivity index (χ0v) is 21.2. The van der Waals surface area contributed by atoms with Crippen molar-refractivity contribution in [3.05, 3.63) is 93.0 Å². The highest BCUT2D eigenvalue weighted by molar-refractivity contribution is 9.10. The van der Waals surface area contributed by atoms with Crippen LogP contribution in [0.15, 0.2) is 65.1 Å². The van der Waals surface area contributed by atoms with Crippen LogP contribution in [0.25, 0.3) is 0 Å². The largest absolute Gasteiger partial charge is 0.489 e. The molecule has 3 aromatic rings. The normalized spacial score (nSPS) is 14.8. The first-order valence-electron chi connectivity index (χ1n) is 11.5. The van der Waals surface area contributed by atoms with E-state index in [2.05, 4.69) is 90.7 Å². The Balaban J connectivity index is 1.61. The van der Waals surface area contributed by atoms with E-state index in [1.54, 1.807) is 0 Å². The molecule has 172 valence electrons. The summed E-state index contributed by atoms with van der Waals surface area (Å²) >= 11 is 3.60. The first kappa shape index (κ1) is 23.4. The summed E-state index contributed by atoms with van der Waals surface area (Å²) in [5.74, 6) is 1.48. The molecular formula is C28H31BrN2O2. The molecule has 4 rings (SSSR count). The summed E-state index contributed by atoms with van der Waals surface area (Å²) in [6, 6.07) is 20.4. The van der Waals surface area contributed by atoms with Crippen molar-refractivity contribution in [3.63, 3.8) is 0 Å². The third kappa shape index (κ3) is 5.09. The molecule has 0 aromatic heterocycles. The number of benzene rings is 3. The zero-order valence-electron chi connectivity index (χ0n) is 19.6. The summed E-state index contributed by atoms with van der Waals surface area (Å²) in [6.45, 7) is 9.60. The van der Waals surface area contributed by atoms with E-state index < -0.39 is 0 Å². The lowest BCUT2D eigenvalue weighted by Gasteiger charge is -2.22. The lowest BCUT2D eigenvalue weighted by atomic mass is 9.88. The molecule has 1 aliphatic heterocycles. The number of anilines is 1. The van der Waals surface area contributed by atoms with Gasteiger partial charge in [0, 0.05) is 28.2 Å². The van der Waals surface area contributed by atoms with Crippen LogP contribution in [-0.2, 0) is 6.61 Å². The molecule has 2 N–H and O–H groups in total. The van der Waals surface area contributed by atoms with Crippen LogP contribution in [0.3, 0.4) is 0 Å². The lowest BCUT2D eigenvalue weighted by molar-refractivity contribution is 0.251. The molecule has 0 aliphatic carbocycles. The summed E-state index contributed by atoms with van der Waals surface area (Å²) < 4.78 is 7.09. The summed E-state index contributed by atoms with van der Waals surface area (Å²) in [6.07, 6.45) is 0. The van der Waals surface area contributed by atoms with Crippen LogP contribution < -0.4 is 15.4 Å². The molecule has 1 heterocycles. The summed E-state index contributed by atoms with van der Waals surface area (Å²) in [7, 11) is 0. The third-order valence-electron chi connectivity index (χ3n) is 6.24. The molecule has 1 atom stereocenters. The number of rotatable bonds is 5. The van der Waals surface area contributed by atoms with Gasteiger partial charge in [0.2, 0.25) is 0 Å². The molecule has 0 spiro atoms. The number of amides is 2.